The van der Waals surface area contributed by atoms with Crippen LogP contribution >= 0.6 is 22.9 Å². The molecule has 72 valence electrons. The fourth-order valence-electron chi connectivity index (χ4n) is 1.10. The molecule has 0 unspecified atom stereocenters. The van der Waals surface area contributed by atoms with E-state index >= 15 is 0 Å². The van der Waals surface area contributed by atoms with Gasteiger partial charge in [-0.3, -0.25) is 0 Å². The molecule has 1 aromatic heterocycles. The van der Waals surface area contributed by atoms with Crippen molar-refractivity contribution >= 4 is 22.9 Å². The lowest BCUT2D eigenvalue weighted by atomic mass is 10.2. The molecule has 0 atom stereocenters. The van der Waals surface area contributed by atoms with Crippen molar-refractivity contribution in [2.75, 3.05) is 7.11 Å². The van der Waals surface area contributed by atoms with E-state index in [1.54, 1.807) is 7.11 Å². The summed E-state index contributed by atoms with van der Waals surface area (Å²) in [6.45, 7) is 0. The third kappa shape index (κ3) is 1.89. The first kappa shape index (κ1) is 9.49. The van der Waals surface area contributed by atoms with Crippen molar-refractivity contribution in [1.82, 2.24) is 4.98 Å². The van der Waals surface area contributed by atoms with Gasteiger partial charge in [0.05, 0.1) is 12.8 Å². The summed E-state index contributed by atoms with van der Waals surface area (Å²) in [6.07, 6.45) is 0. The molecular weight excluding hydrogens is 218 g/mol. The van der Waals surface area contributed by atoms with Gasteiger partial charge in [0, 0.05) is 16.0 Å². The molecule has 4 heteroatoms. The molecule has 2 nitrogen and oxygen atoms in total. The van der Waals surface area contributed by atoms with Crippen molar-refractivity contribution in [3.05, 3.63) is 34.7 Å². The van der Waals surface area contributed by atoms with Crippen LogP contribution in [0.1, 0.15) is 0 Å². The number of ether oxygens (including phenoxy) is 1. The van der Waals surface area contributed by atoms with E-state index in [0.717, 1.165) is 16.3 Å². The average molecular weight is 226 g/mol. The highest BCUT2D eigenvalue weighted by molar-refractivity contribution is 7.11. The molecule has 0 radical (unpaired) electrons. The van der Waals surface area contributed by atoms with E-state index in [4.69, 9.17) is 16.3 Å². The predicted molar refractivity (Wildman–Crippen MR) is 59.1 cm³/mol. The molecular formula is C10H8ClNOS. The lowest BCUT2D eigenvalue weighted by molar-refractivity contribution is 0.412. The summed E-state index contributed by atoms with van der Waals surface area (Å²) < 4.78 is 5.02. The van der Waals surface area contributed by atoms with Gasteiger partial charge in [-0.1, -0.05) is 35.1 Å². The standard InChI is InChI=1S/C10H8ClNOS/c1-13-10-12-9(6-14-10)7-2-4-8(11)5-3-7/h2-6H,1H3. The van der Waals surface area contributed by atoms with E-state index in [9.17, 15) is 0 Å². The summed E-state index contributed by atoms with van der Waals surface area (Å²) in [6, 6.07) is 7.58. The summed E-state index contributed by atoms with van der Waals surface area (Å²) in [4.78, 5) is 4.28. The molecule has 0 N–H and O–H groups in total. The van der Waals surface area contributed by atoms with E-state index in [0.29, 0.717) is 5.19 Å². The van der Waals surface area contributed by atoms with Crippen molar-refractivity contribution in [3.8, 4) is 16.5 Å². The van der Waals surface area contributed by atoms with Crippen LogP contribution < -0.4 is 4.74 Å². The Bertz CT molecular complexity index is 424. The topological polar surface area (TPSA) is 22.1 Å². The minimum atomic E-state index is 0.676. The highest BCUT2D eigenvalue weighted by Crippen LogP contribution is 2.26. The fourth-order valence-corrected chi connectivity index (χ4v) is 1.88. The van der Waals surface area contributed by atoms with Gasteiger partial charge in [-0.05, 0) is 12.1 Å². The summed E-state index contributed by atoms with van der Waals surface area (Å²) in [7, 11) is 1.62. The van der Waals surface area contributed by atoms with Gasteiger partial charge in [-0.15, -0.1) is 0 Å². The summed E-state index contributed by atoms with van der Waals surface area (Å²) >= 11 is 7.27. The molecule has 1 heterocycles. The summed E-state index contributed by atoms with van der Waals surface area (Å²) in [5.41, 5.74) is 1.97. The second-order valence-corrected chi connectivity index (χ2v) is 3.97. The van der Waals surface area contributed by atoms with Gasteiger partial charge in [-0.25, -0.2) is 4.98 Å². The molecule has 0 saturated heterocycles. The van der Waals surface area contributed by atoms with Gasteiger partial charge < -0.3 is 4.74 Å². The SMILES string of the molecule is COc1nc(-c2ccc(Cl)cc2)cs1. The van der Waals surface area contributed by atoms with Crippen LogP contribution in [0.2, 0.25) is 5.02 Å². The molecule has 0 amide bonds. The molecule has 0 bridgehead atoms. The van der Waals surface area contributed by atoms with E-state index in [-0.39, 0.29) is 0 Å². The lowest BCUT2D eigenvalue weighted by Gasteiger charge is -1.95. The molecule has 0 fully saturated rings. The van der Waals surface area contributed by atoms with E-state index in [1.165, 1.54) is 11.3 Å². The van der Waals surface area contributed by atoms with Gasteiger partial charge in [0.25, 0.3) is 5.19 Å². The Morgan fingerprint density at radius 2 is 2.00 bits per heavy atom. The van der Waals surface area contributed by atoms with Crippen LogP contribution in [-0.2, 0) is 0 Å². The van der Waals surface area contributed by atoms with Gasteiger partial charge in [-0.2, -0.15) is 0 Å². The van der Waals surface area contributed by atoms with Crippen LogP contribution in [0.4, 0.5) is 0 Å². The molecule has 0 spiro atoms. The third-order valence-corrected chi connectivity index (χ3v) is 2.85. The number of benzene rings is 1. The minimum absolute atomic E-state index is 0.676. The number of methoxy groups -OCH3 is 1. The largest absolute Gasteiger partial charge is 0.473 e. The molecule has 2 rings (SSSR count). The molecule has 2 aromatic rings. The van der Waals surface area contributed by atoms with Crippen molar-refractivity contribution in [2.24, 2.45) is 0 Å². The smallest absolute Gasteiger partial charge is 0.273 e. The second kappa shape index (κ2) is 3.98. The molecule has 0 aliphatic heterocycles. The summed E-state index contributed by atoms with van der Waals surface area (Å²) in [5, 5.41) is 3.37. The van der Waals surface area contributed by atoms with Gasteiger partial charge in [0.2, 0.25) is 0 Å². The Hall–Kier alpha value is -1.06. The number of aromatic nitrogens is 1. The Balaban J connectivity index is 2.34. The van der Waals surface area contributed by atoms with Crippen molar-refractivity contribution in [2.45, 2.75) is 0 Å². The second-order valence-electron chi connectivity index (χ2n) is 2.71. The van der Waals surface area contributed by atoms with E-state index in [2.05, 4.69) is 4.98 Å². The van der Waals surface area contributed by atoms with Crippen LogP contribution in [-0.4, -0.2) is 12.1 Å². The Morgan fingerprint density at radius 3 is 2.57 bits per heavy atom. The highest BCUT2D eigenvalue weighted by atomic mass is 35.5. The average Bonchev–Trinajstić information content (AvgIpc) is 2.67. The first-order valence-electron chi connectivity index (χ1n) is 4.05. The maximum atomic E-state index is 5.79. The highest BCUT2D eigenvalue weighted by Gasteiger charge is 2.03. The fraction of sp³-hybridized carbons (Fsp3) is 0.100. The monoisotopic (exact) mass is 225 g/mol. The third-order valence-electron chi connectivity index (χ3n) is 1.80. The number of hydrogen-bond acceptors (Lipinski definition) is 3. The van der Waals surface area contributed by atoms with Gasteiger partial charge in [0.15, 0.2) is 0 Å². The number of hydrogen-bond donors (Lipinski definition) is 0. The zero-order valence-electron chi connectivity index (χ0n) is 7.53. The van der Waals surface area contributed by atoms with E-state index < -0.39 is 0 Å². The van der Waals surface area contributed by atoms with Crippen LogP contribution in [0, 0.1) is 0 Å². The van der Waals surface area contributed by atoms with Gasteiger partial charge >= 0.3 is 0 Å². The lowest BCUT2D eigenvalue weighted by Crippen LogP contribution is -1.81. The Kier molecular flexibility index (Phi) is 2.70. The van der Waals surface area contributed by atoms with Crippen molar-refractivity contribution < 1.29 is 4.74 Å². The van der Waals surface area contributed by atoms with E-state index in [1.807, 2.05) is 29.6 Å². The number of rotatable bonds is 2. The minimum Gasteiger partial charge on any atom is -0.473 e. The zero-order chi connectivity index (χ0) is 9.97. The first-order chi connectivity index (χ1) is 6.79. The van der Waals surface area contributed by atoms with Crippen molar-refractivity contribution in [3.63, 3.8) is 0 Å². The molecule has 14 heavy (non-hydrogen) atoms. The molecule has 0 aliphatic rings. The molecule has 0 saturated carbocycles. The number of nitrogens with zero attached hydrogens (tertiary/aromatic N) is 1. The molecule has 1 aromatic carbocycles. The molecule has 0 aliphatic carbocycles. The quantitative estimate of drug-likeness (QED) is 0.781. The Labute approximate surface area is 91.1 Å². The van der Waals surface area contributed by atoms with Crippen molar-refractivity contribution in [1.29, 1.82) is 0 Å². The van der Waals surface area contributed by atoms with Crippen LogP contribution in [0.5, 0.6) is 5.19 Å². The van der Waals surface area contributed by atoms with Gasteiger partial charge in [0.1, 0.15) is 0 Å². The number of thiazole rings is 1. The Morgan fingerprint density at radius 1 is 1.29 bits per heavy atom. The number of halogens is 1. The maximum absolute atomic E-state index is 5.79. The van der Waals surface area contributed by atoms with Crippen LogP contribution in [0.25, 0.3) is 11.3 Å². The zero-order valence-corrected chi connectivity index (χ0v) is 9.10. The first-order valence-corrected chi connectivity index (χ1v) is 5.31. The van der Waals surface area contributed by atoms with Crippen LogP contribution in [0.3, 0.4) is 0 Å². The predicted octanol–water partition coefficient (Wildman–Crippen LogP) is 3.47. The van der Waals surface area contributed by atoms with Crippen LogP contribution in [0.15, 0.2) is 29.6 Å². The normalized spacial score (nSPS) is 10.1. The summed E-state index contributed by atoms with van der Waals surface area (Å²) in [5.74, 6) is 0. The maximum Gasteiger partial charge on any atom is 0.273 e.